The highest BCUT2D eigenvalue weighted by Crippen LogP contribution is 2.38. The van der Waals surface area contributed by atoms with E-state index in [0.717, 1.165) is 11.3 Å². The maximum Gasteiger partial charge on any atom is 0.338 e. The van der Waals surface area contributed by atoms with E-state index in [4.69, 9.17) is 23.7 Å². The number of fused-ring (bicyclic) bond motifs is 1. The minimum absolute atomic E-state index is 0.121. The van der Waals surface area contributed by atoms with E-state index in [1.807, 2.05) is 0 Å². The van der Waals surface area contributed by atoms with Crippen LogP contribution in [0.1, 0.15) is 31.0 Å². The molecule has 210 valence electrons. The monoisotopic (exact) mass is 569 g/mol. The Hall–Kier alpha value is -4.65. The highest BCUT2D eigenvalue weighted by molar-refractivity contribution is 7.07. The van der Waals surface area contributed by atoms with Gasteiger partial charge in [0, 0.05) is 11.6 Å². The molecule has 3 aromatic rings. The lowest BCUT2D eigenvalue weighted by Crippen LogP contribution is -2.40. The van der Waals surface area contributed by atoms with Crippen LogP contribution in [0.15, 0.2) is 51.4 Å². The van der Waals surface area contributed by atoms with Gasteiger partial charge in [0.1, 0.15) is 17.5 Å². The molecule has 1 aromatic heterocycles. The van der Waals surface area contributed by atoms with Crippen LogP contribution in [0, 0.1) is 10.1 Å². The van der Waals surface area contributed by atoms with Gasteiger partial charge in [-0.15, -0.1) is 0 Å². The van der Waals surface area contributed by atoms with Gasteiger partial charge in [-0.3, -0.25) is 19.5 Å². The minimum atomic E-state index is -0.946. The molecule has 0 unspecified atom stereocenters. The number of thiazole rings is 1. The van der Waals surface area contributed by atoms with Crippen molar-refractivity contribution in [2.45, 2.75) is 19.9 Å². The Labute approximate surface area is 232 Å². The van der Waals surface area contributed by atoms with E-state index in [2.05, 4.69) is 4.99 Å². The second-order valence-electron chi connectivity index (χ2n) is 8.43. The maximum absolute atomic E-state index is 13.9. The van der Waals surface area contributed by atoms with Crippen molar-refractivity contribution in [3.05, 3.63) is 82.5 Å². The van der Waals surface area contributed by atoms with Gasteiger partial charge in [-0.25, -0.2) is 9.79 Å². The number of hydrogen-bond acceptors (Lipinski definition) is 11. The first kappa shape index (κ1) is 28.4. The van der Waals surface area contributed by atoms with Gasteiger partial charge in [-0.2, -0.15) is 0 Å². The quantitative estimate of drug-likeness (QED) is 0.216. The molecule has 1 aliphatic rings. The number of nitrogens with zero attached hydrogens (tertiary/aromatic N) is 3. The number of carbonyl (C=O) groups excluding carboxylic acids is 1. The number of methoxy groups -OCH3 is 4. The first-order valence-corrected chi connectivity index (χ1v) is 12.8. The third kappa shape index (κ3) is 5.02. The zero-order valence-electron chi connectivity index (χ0n) is 22.7. The molecular weight excluding hydrogens is 542 g/mol. The van der Waals surface area contributed by atoms with Crippen molar-refractivity contribution in [2.75, 3.05) is 35.0 Å². The number of ether oxygens (including phenoxy) is 5. The van der Waals surface area contributed by atoms with Gasteiger partial charge >= 0.3 is 5.97 Å². The Morgan fingerprint density at radius 3 is 2.35 bits per heavy atom. The van der Waals surface area contributed by atoms with Crippen LogP contribution in [-0.4, -0.2) is 50.5 Å². The van der Waals surface area contributed by atoms with Crippen LogP contribution in [0.25, 0.3) is 6.08 Å². The minimum Gasteiger partial charge on any atom is -0.497 e. The van der Waals surface area contributed by atoms with Crippen molar-refractivity contribution >= 4 is 29.1 Å². The zero-order valence-corrected chi connectivity index (χ0v) is 23.5. The summed E-state index contributed by atoms with van der Waals surface area (Å²) in [4.78, 5) is 43.2. The van der Waals surface area contributed by atoms with Gasteiger partial charge in [0.2, 0.25) is 0 Å². The molecule has 2 heterocycles. The normalized spacial score (nSPS) is 14.8. The second-order valence-corrected chi connectivity index (χ2v) is 9.44. The lowest BCUT2D eigenvalue weighted by atomic mass is 9.95. The Balaban J connectivity index is 2.03. The molecule has 0 amide bonds. The van der Waals surface area contributed by atoms with Crippen LogP contribution in [0.2, 0.25) is 0 Å². The van der Waals surface area contributed by atoms with Crippen molar-refractivity contribution in [3.63, 3.8) is 0 Å². The van der Waals surface area contributed by atoms with Gasteiger partial charge in [0.05, 0.1) is 67.4 Å². The number of allylic oxidation sites excluding steroid dienone is 1. The number of nitro benzene ring substituents is 1. The molecule has 0 N–H and O–H groups in total. The summed E-state index contributed by atoms with van der Waals surface area (Å²) < 4.78 is 28.3. The summed E-state index contributed by atoms with van der Waals surface area (Å²) in [6, 6.07) is 6.76. The number of carbonyl (C=O) groups is 1. The molecule has 0 saturated carbocycles. The van der Waals surface area contributed by atoms with Gasteiger partial charge in [0.15, 0.2) is 16.3 Å². The van der Waals surface area contributed by atoms with E-state index < -0.39 is 22.5 Å². The van der Waals surface area contributed by atoms with Crippen LogP contribution in [0.5, 0.6) is 23.0 Å². The molecule has 12 nitrogen and oxygen atoms in total. The molecule has 40 heavy (non-hydrogen) atoms. The van der Waals surface area contributed by atoms with Gasteiger partial charge in [-0.1, -0.05) is 11.3 Å². The van der Waals surface area contributed by atoms with Crippen LogP contribution < -0.4 is 33.8 Å². The van der Waals surface area contributed by atoms with Crippen LogP contribution in [0.4, 0.5) is 5.69 Å². The number of hydrogen-bond donors (Lipinski definition) is 0. The van der Waals surface area contributed by atoms with E-state index in [9.17, 15) is 19.7 Å². The van der Waals surface area contributed by atoms with Gasteiger partial charge < -0.3 is 23.7 Å². The van der Waals surface area contributed by atoms with E-state index in [1.54, 1.807) is 32.0 Å². The van der Waals surface area contributed by atoms with Crippen LogP contribution in [0.3, 0.4) is 0 Å². The van der Waals surface area contributed by atoms with E-state index in [0.29, 0.717) is 27.6 Å². The van der Waals surface area contributed by atoms with Crippen molar-refractivity contribution < 1.29 is 33.4 Å². The predicted octanol–water partition coefficient (Wildman–Crippen LogP) is 2.74. The Kier molecular flexibility index (Phi) is 8.24. The van der Waals surface area contributed by atoms with E-state index in [-0.39, 0.29) is 39.5 Å². The van der Waals surface area contributed by atoms with E-state index >= 15 is 0 Å². The number of esters is 1. The Bertz CT molecular complexity index is 1700. The molecule has 0 saturated heterocycles. The standard InChI is InChI=1S/C27H27N3O9S/c1-7-39-26(32)23-14(2)28-27-29(24(23)17-9-8-16(35-3)12-19(17)36-4)25(31)22(40-27)11-15-10-20(37-5)21(38-6)13-18(15)30(33)34/h8-13,24H,7H2,1-6H3/b22-11-/t24-/m0/s1. The lowest BCUT2D eigenvalue weighted by Gasteiger charge is -2.26. The van der Waals surface area contributed by atoms with Gasteiger partial charge in [-0.05, 0) is 38.1 Å². The molecular formula is C27H27N3O9S. The third-order valence-electron chi connectivity index (χ3n) is 6.27. The average molecular weight is 570 g/mol. The molecule has 0 radical (unpaired) electrons. The third-order valence-corrected chi connectivity index (χ3v) is 7.25. The van der Waals surface area contributed by atoms with Crippen LogP contribution >= 0.6 is 11.3 Å². The predicted molar refractivity (Wildman–Crippen MR) is 146 cm³/mol. The first-order chi connectivity index (χ1) is 19.2. The summed E-state index contributed by atoms with van der Waals surface area (Å²) in [6.45, 7) is 3.46. The number of benzene rings is 2. The topological polar surface area (TPSA) is 141 Å². The maximum atomic E-state index is 13.9. The fraction of sp³-hybridized carbons (Fsp3) is 0.296. The smallest absolute Gasteiger partial charge is 0.338 e. The molecule has 1 aliphatic heterocycles. The van der Waals surface area contributed by atoms with Crippen LogP contribution in [-0.2, 0) is 9.53 Å². The summed E-state index contributed by atoms with van der Waals surface area (Å²) in [6.07, 6.45) is 1.40. The largest absolute Gasteiger partial charge is 0.497 e. The summed E-state index contributed by atoms with van der Waals surface area (Å²) in [5, 5.41) is 11.9. The highest BCUT2D eigenvalue weighted by atomic mass is 32.1. The highest BCUT2D eigenvalue weighted by Gasteiger charge is 2.35. The van der Waals surface area contributed by atoms with E-state index in [1.165, 1.54) is 51.2 Å². The zero-order chi connectivity index (χ0) is 29.1. The number of nitro groups is 1. The molecule has 0 fully saturated rings. The van der Waals surface area contributed by atoms with Crippen molar-refractivity contribution in [2.24, 2.45) is 4.99 Å². The summed E-state index contributed by atoms with van der Waals surface area (Å²) in [5.41, 5.74) is 0.385. The second kappa shape index (κ2) is 11.6. The Morgan fingerprint density at radius 2 is 1.75 bits per heavy atom. The number of aromatic nitrogens is 1. The summed E-state index contributed by atoms with van der Waals surface area (Å²) >= 11 is 1.03. The van der Waals surface area contributed by atoms with Crippen molar-refractivity contribution in [1.82, 2.24) is 4.57 Å². The molecule has 4 rings (SSSR count). The number of rotatable bonds is 9. The fourth-order valence-corrected chi connectivity index (χ4v) is 5.47. The molecule has 0 spiro atoms. The molecule has 0 bridgehead atoms. The van der Waals surface area contributed by atoms with Gasteiger partial charge in [0.25, 0.3) is 11.2 Å². The van der Waals surface area contributed by atoms with Crippen molar-refractivity contribution in [3.8, 4) is 23.0 Å². The van der Waals surface area contributed by atoms with Crippen molar-refractivity contribution in [1.29, 1.82) is 0 Å². The first-order valence-electron chi connectivity index (χ1n) is 12.0. The molecule has 1 atom stereocenters. The lowest BCUT2D eigenvalue weighted by molar-refractivity contribution is -0.385. The SMILES string of the molecule is CCOC(=O)C1=C(C)N=c2s/c(=C\c3cc(OC)c(OC)cc3[N+](=O)[O-])c(=O)n2[C@H]1c1ccc(OC)cc1OC. The Morgan fingerprint density at radius 1 is 1.07 bits per heavy atom. The average Bonchev–Trinajstić information content (AvgIpc) is 3.25. The summed E-state index contributed by atoms with van der Waals surface area (Å²) in [7, 11) is 5.76. The molecule has 2 aromatic carbocycles. The fourth-order valence-electron chi connectivity index (χ4n) is 4.43. The molecule has 13 heteroatoms. The summed E-state index contributed by atoms with van der Waals surface area (Å²) in [5.74, 6) is 0.706. The molecule has 0 aliphatic carbocycles.